The molecule has 3 heteroatoms. The normalized spacial score (nSPS) is 19.6. The van der Waals surface area contributed by atoms with E-state index in [9.17, 15) is 5.11 Å². The number of hydrogen-bond donors (Lipinski definition) is 2. The number of nitrogens with one attached hydrogen (secondary N) is 1. The van der Waals surface area contributed by atoms with Gasteiger partial charge in [0.05, 0.1) is 6.61 Å². The molecule has 2 unspecified atom stereocenters. The van der Waals surface area contributed by atoms with Crippen molar-refractivity contribution in [3.05, 3.63) is 35.4 Å². The van der Waals surface area contributed by atoms with Gasteiger partial charge in [0.15, 0.2) is 0 Å². The van der Waals surface area contributed by atoms with Crippen molar-refractivity contribution in [2.45, 2.75) is 62.6 Å². The van der Waals surface area contributed by atoms with Gasteiger partial charge in [-0.1, -0.05) is 31.2 Å². The van der Waals surface area contributed by atoms with Gasteiger partial charge in [-0.05, 0) is 44.2 Å². The van der Waals surface area contributed by atoms with E-state index in [0.29, 0.717) is 11.3 Å². The highest BCUT2D eigenvalue weighted by molar-refractivity contribution is 7.99. The van der Waals surface area contributed by atoms with E-state index < -0.39 is 0 Å². The molecule has 20 heavy (non-hydrogen) atoms. The Bertz CT molecular complexity index is 433. The van der Waals surface area contributed by atoms with Crippen molar-refractivity contribution in [2.24, 2.45) is 0 Å². The Morgan fingerprint density at radius 3 is 2.70 bits per heavy atom. The summed E-state index contributed by atoms with van der Waals surface area (Å²) in [5.41, 5.74) is 2.66. The van der Waals surface area contributed by atoms with E-state index in [1.54, 1.807) is 0 Å². The summed E-state index contributed by atoms with van der Waals surface area (Å²) in [6.45, 7) is 6.81. The zero-order chi connectivity index (χ0) is 14.6. The number of hydrogen-bond acceptors (Lipinski definition) is 3. The van der Waals surface area contributed by atoms with Crippen LogP contribution in [0.4, 0.5) is 0 Å². The molecule has 0 heterocycles. The van der Waals surface area contributed by atoms with E-state index in [2.05, 4.69) is 50.4 Å². The summed E-state index contributed by atoms with van der Waals surface area (Å²) in [5.74, 6) is 1.05. The maximum Gasteiger partial charge on any atom is 0.0611 e. The smallest absolute Gasteiger partial charge is 0.0611 e. The van der Waals surface area contributed by atoms with Crippen LogP contribution in [-0.4, -0.2) is 28.5 Å². The fourth-order valence-corrected chi connectivity index (χ4v) is 3.86. The van der Waals surface area contributed by atoms with E-state index in [4.69, 9.17) is 0 Å². The Balaban J connectivity index is 1.81. The molecule has 0 aliphatic heterocycles. The summed E-state index contributed by atoms with van der Waals surface area (Å²) in [4.78, 5) is 0. The van der Waals surface area contributed by atoms with Gasteiger partial charge < -0.3 is 10.4 Å². The molecule has 1 aromatic rings. The van der Waals surface area contributed by atoms with E-state index in [-0.39, 0.29) is 12.1 Å². The molecule has 2 nitrogen and oxygen atoms in total. The molecule has 1 aliphatic rings. The lowest BCUT2D eigenvalue weighted by Gasteiger charge is -2.31. The Morgan fingerprint density at radius 2 is 2.10 bits per heavy atom. The van der Waals surface area contributed by atoms with Gasteiger partial charge >= 0.3 is 0 Å². The minimum Gasteiger partial charge on any atom is -0.394 e. The van der Waals surface area contributed by atoms with Crippen molar-refractivity contribution >= 4 is 11.8 Å². The van der Waals surface area contributed by atoms with Crippen LogP contribution in [0.1, 0.15) is 44.2 Å². The third-order valence-electron chi connectivity index (χ3n) is 4.00. The number of benzene rings is 1. The van der Waals surface area contributed by atoms with Gasteiger partial charge in [-0.25, -0.2) is 0 Å². The van der Waals surface area contributed by atoms with Crippen LogP contribution in [0.25, 0.3) is 0 Å². The molecule has 1 aromatic carbocycles. The zero-order valence-electron chi connectivity index (χ0n) is 12.9. The summed E-state index contributed by atoms with van der Waals surface area (Å²) in [7, 11) is 0. The molecule has 2 rings (SSSR count). The van der Waals surface area contributed by atoms with Crippen LogP contribution < -0.4 is 5.32 Å². The SMILES string of the molecule is Cc1ccccc1CSC(C)CC(C)(CO)NC1CC1. The number of aliphatic hydroxyl groups excluding tert-OH is 1. The number of thioether (sulfide) groups is 1. The number of rotatable bonds is 8. The summed E-state index contributed by atoms with van der Waals surface area (Å²) < 4.78 is 0. The van der Waals surface area contributed by atoms with Crippen molar-refractivity contribution in [1.82, 2.24) is 5.32 Å². The van der Waals surface area contributed by atoms with Gasteiger partial charge in [-0.3, -0.25) is 0 Å². The topological polar surface area (TPSA) is 32.3 Å². The van der Waals surface area contributed by atoms with Crippen LogP contribution in [0.15, 0.2) is 24.3 Å². The molecular weight excluding hydrogens is 266 g/mol. The van der Waals surface area contributed by atoms with Gasteiger partial charge in [-0.2, -0.15) is 11.8 Å². The molecule has 0 saturated heterocycles. The monoisotopic (exact) mass is 293 g/mol. The standard InChI is InChI=1S/C17H27NOS/c1-13-6-4-5-7-15(13)11-20-14(2)10-17(3,12-19)18-16-8-9-16/h4-7,14,16,18-19H,8-12H2,1-3H3. The minimum atomic E-state index is -0.126. The molecule has 1 aliphatic carbocycles. The van der Waals surface area contributed by atoms with Crippen LogP contribution >= 0.6 is 11.8 Å². The van der Waals surface area contributed by atoms with Crippen LogP contribution in [0, 0.1) is 6.92 Å². The predicted octanol–water partition coefficient (Wildman–Crippen LogP) is 3.51. The minimum absolute atomic E-state index is 0.126. The molecule has 1 fully saturated rings. The van der Waals surface area contributed by atoms with Gasteiger partial charge in [0, 0.05) is 22.6 Å². The highest BCUT2D eigenvalue weighted by Gasteiger charge is 2.33. The Kier molecular flexibility index (Phi) is 5.53. The maximum atomic E-state index is 9.67. The first-order valence-electron chi connectivity index (χ1n) is 7.57. The van der Waals surface area contributed by atoms with Crippen molar-refractivity contribution < 1.29 is 5.11 Å². The quantitative estimate of drug-likeness (QED) is 0.769. The van der Waals surface area contributed by atoms with E-state index in [1.807, 2.05) is 11.8 Å². The lowest BCUT2D eigenvalue weighted by Crippen LogP contribution is -2.48. The summed E-state index contributed by atoms with van der Waals surface area (Å²) in [5, 5.41) is 13.8. The fraction of sp³-hybridized carbons (Fsp3) is 0.647. The Labute approximate surface area is 127 Å². The lowest BCUT2D eigenvalue weighted by atomic mass is 9.97. The third kappa shape index (κ3) is 4.80. The molecule has 0 radical (unpaired) electrons. The summed E-state index contributed by atoms with van der Waals surface area (Å²) >= 11 is 1.98. The average molecular weight is 293 g/mol. The van der Waals surface area contributed by atoms with Crippen molar-refractivity contribution in [3.8, 4) is 0 Å². The van der Waals surface area contributed by atoms with Gasteiger partial charge in [0.1, 0.15) is 0 Å². The first-order chi connectivity index (χ1) is 9.52. The third-order valence-corrected chi connectivity index (χ3v) is 5.21. The van der Waals surface area contributed by atoms with Gasteiger partial charge in [0.25, 0.3) is 0 Å². The Morgan fingerprint density at radius 1 is 1.40 bits per heavy atom. The first-order valence-corrected chi connectivity index (χ1v) is 8.62. The second kappa shape index (κ2) is 6.97. The number of aryl methyl sites for hydroxylation is 1. The molecule has 1 saturated carbocycles. The molecule has 112 valence electrons. The highest BCUT2D eigenvalue weighted by atomic mass is 32.2. The molecule has 0 amide bonds. The maximum absolute atomic E-state index is 9.67. The number of aliphatic hydroxyl groups is 1. The van der Waals surface area contributed by atoms with E-state index in [1.165, 1.54) is 24.0 Å². The van der Waals surface area contributed by atoms with E-state index >= 15 is 0 Å². The van der Waals surface area contributed by atoms with Crippen molar-refractivity contribution in [2.75, 3.05) is 6.61 Å². The molecular formula is C17H27NOS. The van der Waals surface area contributed by atoms with Crippen LogP contribution in [0.3, 0.4) is 0 Å². The fourth-order valence-electron chi connectivity index (χ4n) is 2.59. The molecule has 0 aromatic heterocycles. The van der Waals surface area contributed by atoms with Crippen LogP contribution in [0.5, 0.6) is 0 Å². The van der Waals surface area contributed by atoms with Crippen molar-refractivity contribution in [1.29, 1.82) is 0 Å². The zero-order valence-corrected chi connectivity index (χ0v) is 13.7. The van der Waals surface area contributed by atoms with E-state index in [0.717, 1.165) is 12.2 Å². The molecule has 0 spiro atoms. The second-order valence-corrected chi connectivity index (χ2v) is 7.82. The van der Waals surface area contributed by atoms with Crippen molar-refractivity contribution in [3.63, 3.8) is 0 Å². The van der Waals surface area contributed by atoms with Crippen LogP contribution in [-0.2, 0) is 5.75 Å². The lowest BCUT2D eigenvalue weighted by molar-refractivity contribution is 0.164. The average Bonchev–Trinajstić information content (AvgIpc) is 3.21. The molecule has 2 N–H and O–H groups in total. The largest absolute Gasteiger partial charge is 0.394 e. The first kappa shape index (κ1) is 15.9. The summed E-state index contributed by atoms with van der Waals surface area (Å²) in [6.07, 6.45) is 3.54. The van der Waals surface area contributed by atoms with Gasteiger partial charge in [0.2, 0.25) is 0 Å². The van der Waals surface area contributed by atoms with Gasteiger partial charge in [-0.15, -0.1) is 0 Å². The molecule has 2 atom stereocenters. The summed E-state index contributed by atoms with van der Waals surface area (Å²) in [6, 6.07) is 9.23. The second-order valence-electron chi connectivity index (χ2n) is 6.39. The van der Waals surface area contributed by atoms with Crippen LogP contribution in [0.2, 0.25) is 0 Å². The highest BCUT2D eigenvalue weighted by Crippen LogP contribution is 2.29. The Hall–Kier alpha value is -0.510. The molecule has 0 bridgehead atoms. The predicted molar refractivity (Wildman–Crippen MR) is 88.2 cm³/mol.